The molecule has 0 fully saturated rings. The molecule has 142 valence electrons. The highest BCUT2D eigenvalue weighted by Crippen LogP contribution is 2.35. The first kappa shape index (κ1) is 18.4. The van der Waals surface area contributed by atoms with Crippen LogP contribution in [-0.2, 0) is 17.8 Å². The van der Waals surface area contributed by atoms with Gasteiger partial charge in [-0.05, 0) is 47.2 Å². The maximum atomic E-state index is 12.9. The zero-order valence-corrected chi connectivity index (χ0v) is 16.5. The Morgan fingerprint density at radius 1 is 1.11 bits per heavy atom. The smallest absolute Gasteiger partial charge is 0.255 e. The maximum Gasteiger partial charge on any atom is 0.255 e. The molecule has 0 radical (unpaired) electrons. The van der Waals surface area contributed by atoms with Crippen molar-refractivity contribution in [2.45, 2.75) is 32.4 Å². The van der Waals surface area contributed by atoms with Gasteiger partial charge in [-0.1, -0.05) is 43.3 Å². The highest BCUT2D eigenvalue weighted by molar-refractivity contribution is 7.10. The Morgan fingerprint density at radius 3 is 2.57 bits per heavy atom. The van der Waals surface area contributed by atoms with E-state index in [0.29, 0.717) is 6.54 Å². The van der Waals surface area contributed by atoms with Crippen molar-refractivity contribution in [3.05, 3.63) is 87.6 Å². The van der Waals surface area contributed by atoms with E-state index in [1.807, 2.05) is 70.9 Å². The van der Waals surface area contributed by atoms with E-state index in [-0.39, 0.29) is 24.3 Å². The normalized spacial score (nSPS) is 14.0. The minimum absolute atomic E-state index is 0.00546. The zero-order valence-electron chi connectivity index (χ0n) is 15.7. The van der Waals surface area contributed by atoms with Crippen LogP contribution in [-0.4, -0.2) is 16.7 Å². The fraction of sp³-hybridized carbons (Fsp3) is 0.217. The summed E-state index contributed by atoms with van der Waals surface area (Å²) in [6.07, 6.45) is 1.20. The van der Waals surface area contributed by atoms with Gasteiger partial charge in [0.1, 0.15) is 0 Å². The number of hydrogen-bond donors (Lipinski definition) is 1. The molecular formula is C23H22N2O2S. The van der Waals surface area contributed by atoms with Crippen molar-refractivity contribution in [1.82, 2.24) is 4.90 Å². The number of thiophene rings is 1. The topological polar surface area (TPSA) is 49.4 Å². The molecule has 1 atom stereocenters. The lowest BCUT2D eigenvalue weighted by atomic mass is 10.1. The van der Waals surface area contributed by atoms with E-state index >= 15 is 0 Å². The van der Waals surface area contributed by atoms with Crippen LogP contribution >= 0.6 is 11.3 Å². The van der Waals surface area contributed by atoms with Crippen LogP contribution in [0, 0.1) is 0 Å². The second-order valence-electron chi connectivity index (χ2n) is 6.92. The number of benzene rings is 2. The minimum atomic E-state index is -0.269. The number of nitrogens with one attached hydrogen (secondary N) is 1. The molecule has 28 heavy (non-hydrogen) atoms. The predicted octanol–water partition coefficient (Wildman–Crippen LogP) is 5.04. The Morgan fingerprint density at radius 2 is 1.89 bits per heavy atom. The minimum Gasteiger partial charge on any atom is -0.326 e. The van der Waals surface area contributed by atoms with Crippen LogP contribution in [0.25, 0.3) is 0 Å². The van der Waals surface area contributed by atoms with Crippen molar-refractivity contribution >= 4 is 28.8 Å². The van der Waals surface area contributed by atoms with Gasteiger partial charge in [-0.2, -0.15) is 0 Å². The highest BCUT2D eigenvalue weighted by Gasteiger charge is 2.34. The first-order valence-electron chi connectivity index (χ1n) is 9.46. The molecule has 2 aromatic carbocycles. The van der Waals surface area contributed by atoms with Crippen LogP contribution in [0.2, 0.25) is 0 Å². The summed E-state index contributed by atoms with van der Waals surface area (Å²) in [4.78, 5) is 28.5. The van der Waals surface area contributed by atoms with Gasteiger partial charge in [0.05, 0.1) is 12.5 Å². The van der Waals surface area contributed by atoms with Crippen molar-refractivity contribution < 1.29 is 9.59 Å². The number of amides is 2. The monoisotopic (exact) mass is 390 g/mol. The van der Waals surface area contributed by atoms with Gasteiger partial charge in [-0.15, -0.1) is 11.3 Å². The molecule has 1 aliphatic heterocycles. The standard InChI is InChI=1S/C23H22N2O2S/c1-2-16-9-11-18(12-10-16)24-22(26)14-20(21-8-5-13-28-21)25-15-17-6-3-4-7-19(17)23(25)27/h3-13,20H,2,14-15H2,1H3,(H,24,26)/t20-/m0/s1. The molecule has 1 N–H and O–H groups in total. The third kappa shape index (κ3) is 3.71. The molecule has 0 saturated carbocycles. The average molecular weight is 391 g/mol. The van der Waals surface area contributed by atoms with Gasteiger partial charge in [0, 0.05) is 22.7 Å². The molecule has 0 bridgehead atoms. The Kier molecular flexibility index (Phi) is 5.26. The Hall–Kier alpha value is -2.92. The number of carbonyl (C=O) groups is 2. The third-order valence-electron chi connectivity index (χ3n) is 5.12. The summed E-state index contributed by atoms with van der Waals surface area (Å²) in [5.41, 5.74) is 3.77. The van der Waals surface area contributed by atoms with Gasteiger partial charge in [0.15, 0.2) is 0 Å². The van der Waals surface area contributed by atoms with Crippen LogP contribution in [0.5, 0.6) is 0 Å². The number of fused-ring (bicyclic) bond motifs is 1. The molecule has 0 unspecified atom stereocenters. The molecule has 0 saturated heterocycles. The Bertz CT molecular complexity index is 980. The van der Waals surface area contributed by atoms with Crippen LogP contribution in [0.15, 0.2) is 66.0 Å². The first-order valence-corrected chi connectivity index (χ1v) is 10.3. The summed E-state index contributed by atoms with van der Waals surface area (Å²) in [5, 5.41) is 4.96. The lowest BCUT2D eigenvalue weighted by Gasteiger charge is -2.26. The summed E-state index contributed by atoms with van der Waals surface area (Å²) in [7, 11) is 0. The van der Waals surface area contributed by atoms with Gasteiger partial charge in [0.25, 0.3) is 5.91 Å². The summed E-state index contributed by atoms with van der Waals surface area (Å²) in [6.45, 7) is 2.64. The van der Waals surface area contributed by atoms with E-state index in [1.165, 1.54) is 5.56 Å². The number of aryl methyl sites for hydroxylation is 1. The second kappa shape index (κ2) is 7.98. The van der Waals surface area contributed by atoms with Gasteiger partial charge in [-0.25, -0.2) is 0 Å². The van der Waals surface area contributed by atoms with E-state index in [0.717, 1.165) is 28.1 Å². The SMILES string of the molecule is CCc1ccc(NC(=O)C[C@@H](c2cccs2)N2Cc3ccccc3C2=O)cc1. The highest BCUT2D eigenvalue weighted by atomic mass is 32.1. The molecule has 4 rings (SSSR count). The molecule has 4 nitrogen and oxygen atoms in total. The maximum absolute atomic E-state index is 12.9. The summed E-state index contributed by atoms with van der Waals surface area (Å²) < 4.78 is 0. The van der Waals surface area contributed by atoms with Gasteiger partial charge >= 0.3 is 0 Å². The molecule has 0 spiro atoms. The first-order chi connectivity index (χ1) is 13.7. The van der Waals surface area contributed by atoms with Crippen LogP contribution in [0.4, 0.5) is 5.69 Å². The summed E-state index contributed by atoms with van der Waals surface area (Å²) in [5.74, 6) is -0.0968. The van der Waals surface area contributed by atoms with Crippen LogP contribution < -0.4 is 5.32 Å². The zero-order chi connectivity index (χ0) is 19.5. The van der Waals surface area contributed by atoms with Crippen molar-refractivity contribution in [2.24, 2.45) is 0 Å². The molecule has 1 aliphatic rings. The van der Waals surface area contributed by atoms with Crippen molar-refractivity contribution in [3.8, 4) is 0 Å². The Balaban J connectivity index is 1.53. The van der Waals surface area contributed by atoms with Crippen LogP contribution in [0.3, 0.4) is 0 Å². The largest absolute Gasteiger partial charge is 0.326 e. The number of anilines is 1. The van der Waals surface area contributed by atoms with Gasteiger partial charge < -0.3 is 10.2 Å². The van der Waals surface area contributed by atoms with Gasteiger partial charge in [0.2, 0.25) is 5.91 Å². The fourth-order valence-corrected chi connectivity index (χ4v) is 4.42. The number of rotatable bonds is 6. The molecule has 5 heteroatoms. The second-order valence-corrected chi connectivity index (χ2v) is 7.90. The summed E-state index contributed by atoms with van der Waals surface area (Å²) >= 11 is 1.58. The summed E-state index contributed by atoms with van der Waals surface area (Å²) in [6, 6.07) is 19.2. The Labute approximate surface area is 168 Å². The van der Waals surface area contributed by atoms with Crippen LogP contribution in [0.1, 0.15) is 45.7 Å². The van der Waals surface area contributed by atoms with Crippen molar-refractivity contribution in [3.63, 3.8) is 0 Å². The lowest BCUT2D eigenvalue weighted by Crippen LogP contribution is -2.31. The molecule has 2 heterocycles. The molecule has 3 aromatic rings. The van der Waals surface area contributed by atoms with Gasteiger partial charge in [-0.3, -0.25) is 9.59 Å². The number of nitrogens with zero attached hydrogens (tertiary/aromatic N) is 1. The van der Waals surface area contributed by atoms with E-state index in [9.17, 15) is 9.59 Å². The third-order valence-corrected chi connectivity index (χ3v) is 6.10. The quantitative estimate of drug-likeness (QED) is 0.641. The van der Waals surface area contributed by atoms with Crippen molar-refractivity contribution in [2.75, 3.05) is 5.32 Å². The molecular weight excluding hydrogens is 368 g/mol. The van der Waals surface area contributed by atoms with E-state index < -0.39 is 0 Å². The number of hydrogen-bond acceptors (Lipinski definition) is 3. The number of carbonyl (C=O) groups excluding carboxylic acids is 2. The molecule has 0 aliphatic carbocycles. The van der Waals surface area contributed by atoms with E-state index in [2.05, 4.69) is 12.2 Å². The fourth-order valence-electron chi connectivity index (χ4n) is 3.59. The van der Waals surface area contributed by atoms with E-state index in [1.54, 1.807) is 11.3 Å². The average Bonchev–Trinajstić information content (AvgIpc) is 3.36. The molecule has 2 amide bonds. The lowest BCUT2D eigenvalue weighted by molar-refractivity contribution is -0.117. The van der Waals surface area contributed by atoms with E-state index in [4.69, 9.17) is 0 Å². The predicted molar refractivity (Wildman–Crippen MR) is 112 cm³/mol. The van der Waals surface area contributed by atoms with Crippen molar-refractivity contribution in [1.29, 1.82) is 0 Å². The molecule has 1 aromatic heterocycles.